The SMILES string of the molecule is CC(=O)CCC1(c2ccc(C)c(C)c2C)COC1. The van der Waals surface area contributed by atoms with Crippen molar-refractivity contribution in [1.29, 1.82) is 0 Å². The highest BCUT2D eigenvalue weighted by Crippen LogP contribution is 2.39. The maximum absolute atomic E-state index is 11.2. The number of ether oxygens (including phenoxy) is 1. The van der Waals surface area contributed by atoms with Crippen LogP contribution in [0.3, 0.4) is 0 Å². The molecule has 0 aliphatic carbocycles. The van der Waals surface area contributed by atoms with Crippen molar-refractivity contribution < 1.29 is 9.53 Å². The van der Waals surface area contributed by atoms with E-state index in [0.29, 0.717) is 6.42 Å². The Hall–Kier alpha value is -1.15. The summed E-state index contributed by atoms with van der Waals surface area (Å²) in [5.74, 6) is 0.266. The van der Waals surface area contributed by atoms with Crippen LogP contribution >= 0.6 is 0 Å². The van der Waals surface area contributed by atoms with E-state index >= 15 is 0 Å². The van der Waals surface area contributed by atoms with Gasteiger partial charge in [-0.25, -0.2) is 0 Å². The summed E-state index contributed by atoms with van der Waals surface area (Å²) in [4.78, 5) is 11.2. The molecule has 0 radical (unpaired) electrons. The second-order valence-corrected chi connectivity index (χ2v) is 5.66. The summed E-state index contributed by atoms with van der Waals surface area (Å²) in [5, 5.41) is 0. The van der Waals surface area contributed by atoms with Gasteiger partial charge in [0.1, 0.15) is 5.78 Å². The van der Waals surface area contributed by atoms with Crippen LogP contribution in [0.15, 0.2) is 12.1 Å². The van der Waals surface area contributed by atoms with E-state index in [2.05, 4.69) is 32.9 Å². The number of ketones is 1. The fraction of sp³-hybridized carbons (Fsp3) is 0.562. The van der Waals surface area contributed by atoms with Crippen LogP contribution in [-0.2, 0) is 14.9 Å². The van der Waals surface area contributed by atoms with Gasteiger partial charge in [0.05, 0.1) is 13.2 Å². The predicted molar refractivity (Wildman–Crippen MR) is 73.1 cm³/mol. The van der Waals surface area contributed by atoms with E-state index in [-0.39, 0.29) is 11.2 Å². The van der Waals surface area contributed by atoms with Crippen molar-refractivity contribution in [3.63, 3.8) is 0 Å². The molecule has 0 amide bonds. The molecule has 1 fully saturated rings. The summed E-state index contributed by atoms with van der Waals surface area (Å²) >= 11 is 0. The molecule has 1 aromatic rings. The Kier molecular flexibility index (Phi) is 3.58. The number of hydrogen-bond donors (Lipinski definition) is 0. The molecule has 1 aliphatic rings. The Morgan fingerprint density at radius 1 is 1.22 bits per heavy atom. The smallest absolute Gasteiger partial charge is 0.129 e. The first kappa shape index (κ1) is 13.3. The number of benzene rings is 1. The summed E-state index contributed by atoms with van der Waals surface area (Å²) in [7, 11) is 0. The van der Waals surface area contributed by atoms with E-state index in [1.165, 1.54) is 22.3 Å². The number of hydrogen-bond acceptors (Lipinski definition) is 2. The van der Waals surface area contributed by atoms with Crippen molar-refractivity contribution in [1.82, 2.24) is 0 Å². The van der Waals surface area contributed by atoms with E-state index in [9.17, 15) is 4.79 Å². The van der Waals surface area contributed by atoms with Crippen LogP contribution in [0.25, 0.3) is 0 Å². The third-order valence-corrected chi connectivity index (χ3v) is 4.34. The molecule has 1 aliphatic heterocycles. The van der Waals surface area contributed by atoms with E-state index in [1.807, 2.05) is 0 Å². The van der Waals surface area contributed by atoms with Gasteiger partial charge >= 0.3 is 0 Å². The molecule has 1 saturated heterocycles. The molecule has 98 valence electrons. The first-order chi connectivity index (χ1) is 8.46. The van der Waals surface area contributed by atoms with E-state index in [4.69, 9.17) is 4.74 Å². The molecule has 2 heteroatoms. The zero-order chi connectivity index (χ0) is 13.3. The first-order valence-electron chi connectivity index (χ1n) is 6.61. The van der Waals surface area contributed by atoms with Crippen molar-refractivity contribution in [2.45, 2.75) is 46.0 Å². The van der Waals surface area contributed by atoms with E-state index < -0.39 is 0 Å². The maximum atomic E-state index is 11.2. The zero-order valence-electron chi connectivity index (χ0n) is 11.8. The lowest BCUT2D eigenvalue weighted by Crippen LogP contribution is -2.47. The molecular formula is C16H22O2. The molecule has 18 heavy (non-hydrogen) atoms. The highest BCUT2D eigenvalue weighted by atomic mass is 16.5. The molecule has 0 aromatic heterocycles. The minimum Gasteiger partial charge on any atom is -0.379 e. The van der Waals surface area contributed by atoms with Crippen LogP contribution in [0.1, 0.15) is 42.0 Å². The third-order valence-electron chi connectivity index (χ3n) is 4.34. The van der Waals surface area contributed by atoms with Gasteiger partial charge in [0.15, 0.2) is 0 Å². The molecule has 0 unspecified atom stereocenters. The van der Waals surface area contributed by atoms with E-state index in [0.717, 1.165) is 19.6 Å². The van der Waals surface area contributed by atoms with Crippen molar-refractivity contribution in [3.05, 3.63) is 34.4 Å². The second kappa shape index (κ2) is 4.85. The summed E-state index contributed by atoms with van der Waals surface area (Å²) < 4.78 is 5.44. The van der Waals surface area contributed by atoms with Crippen molar-refractivity contribution in [2.75, 3.05) is 13.2 Å². The van der Waals surface area contributed by atoms with Gasteiger partial charge in [-0.15, -0.1) is 0 Å². The van der Waals surface area contributed by atoms with Gasteiger partial charge in [-0.3, -0.25) is 0 Å². The number of aryl methyl sites for hydroxylation is 1. The monoisotopic (exact) mass is 246 g/mol. The van der Waals surface area contributed by atoms with Gasteiger partial charge in [0.25, 0.3) is 0 Å². The van der Waals surface area contributed by atoms with Crippen LogP contribution in [-0.4, -0.2) is 19.0 Å². The molecule has 2 rings (SSSR count). The molecule has 0 atom stereocenters. The van der Waals surface area contributed by atoms with Crippen molar-refractivity contribution >= 4 is 5.78 Å². The Morgan fingerprint density at radius 3 is 2.39 bits per heavy atom. The average Bonchev–Trinajstić information content (AvgIpc) is 2.26. The summed E-state index contributed by atoms with van der Waals surface area (Å²) in [6, 6.07) is 4.41. The summed E-state index contributed by atoms with van der Waals surface area (Å²) in [6.07, 6.45) is 1.56. The number of carbonyl (C=O) groups is 1. The van der Waals surface area contributed by atoms with Gasteiger partial charge < -0.3 is 9.53 Å². The lowest BCUT2D eigenvalue weighted by Gasteiger charge is -2.43. The van der Waals surface area contributed by atoms with Crippen LogP contribution in [0.5, 0.6) is 0 Å². The molecular weight excluding hydrogens is 224 g/mol. The number of Topliss-reactive ketones (excluding diaryl/α,β-unsaturated/α-hetero) is 1. The fourth-order valence-electron chi connectivity index (χ4n) is 2.73. The molecule has 0 spiro atoms. The average molecular weight is 246 g/mol. The Bertz CT molecular complexity index is 470. The molecule has 2 nitrogen and oxygen atoms in total. The Balaban J connectivity index is 2.33. The lowest BCUT2D eigenvalue weighted by atomic mass is 9.72. The zero-order valence-corrected chi connectivity index (χ0v) is 11.8. The Morgan fingerprint density at radius 2 is 1.89 bits per heavy atom. The van der Waals surface area contributed by atoms with Crippen LogP contribution < -0.4 is 0 Å². The number of carbonyl (C=O) groups excluding carboxylic acids is 1. The second-order valence-electron chi connectivity index (χ2n) is 5.66. The largest absolute Gasteiger partial charge is 0.379 e. The Labute approximate surface area is 109 Å². The fourth-order valence-corrected chi connectivity index (χ4v) is 2.73. The van der Waals surface area contributed by atoms with Crippen LogP contribution in [0, 0.1) is 20.8 Å². The molecule has 1 heterocycles. The standard InChI is InChI=1S/C16H22O2/c1-11-5-6-15(14(4)13(11)3)16(9-18-10-16)8-7-12(2)17/h5-6H,7-10H2,1-4H3. The molecule has 1 aromatic carbocycles. The van der Waals surface area contributed by atoms with Gasteiger partial charge in [0.2, 0.25) is 0 Å². The maximum Gasteiger partial charge on any atom is 0.129 e. The minimum absolute atomic E-state index is 0.0776. The van der Waals surface area contributed by atoms with Gasteiger partial charge in [-0.05, 0) is 56.4 Å². The normalized spacial score (nSPS) is 17.3. The minimum atomic E-state index is 0.0776. The van der Waals surface area contributed by atoms with Gasteiger partial charge in [-0.2, -0.15) is 0 Å². The lowest BCUT2D eigenvalue weighted by molar-refractivity contribution is -0.119. The highest BCUT2D eigenvalue weighted by Gasteiger charge is 2.41. The quantitative estimate of drug-likeness (QED) is 0.815. The summed E-state index contributed by atoms with van der Waals surface area (Å²) in [5.41, 5.74) is 5.51. The van der Waals surface area contributed by atoms with Crippen molar-refractivity contribution in [2.24, 2.45) is 0 Å². The highest BCUT2D eigenvalue weighted by molar-refractivity contribution is 5.75. The summed E-state index contributed by atoms with van der Waals surface area (Å²) in [6.45, 7) is 9.68. The molecule has 0 saturated carbocycles. The van der Waals surface area contributed by atoms with Gasteiger partial charge in [0, 0.05) is 11.8 Å². The van der Waals surface area contributed by atoms with E-state index in [1.54, 1.807) is 6.92 Å². The van der Waals surface area contributed by atoms with Crippen LogP contribution in [0.4, 0.5) is 0 Å². The topological polar surface area (TPSA) is 26.3 Å². The molecule has 0 N–H and O–H groups in total. The van der Waals surface area contributed by atoms with Gasteiger partial charge in [-0.1, -0.05) is 12.1 Å². The molecule has 0 bridgehead atoms. The third kappa shape index (κ3) is 2.22. The van der Waals surface area contributed by atoms with Crippen molar-refractivity contribution in [3.8, 4) is 0 Å². The first-order valence-corrected chi connectivity index (χ1v) is 6.61. The number of rotatable bonds is 4. The predicted octanol–water partition coefficient (Wildman–Crippen LogP) is 3.25. The van der Waals surface area contributed by atoms with Crippen LogP contribution in [0.2, 0.25) is 0 Å².